The van der Waals surface area contributed by atoms with E-state index in [0.717, 1.165) is 11.3 Å². The first-order valence-corrected chi connectivity index (χ1v) is 6.90. The van der Waals surface area contributed by atoms with E-state index in [-0.39, 0.29) is 5.43 Å². The fourth-order valence-corrected chi connectivity index (χ4v) is 2.85. The van der Waals surface area contributed by atoms with Crippen LogP contribution in [0.2, 0.25) is 10.0 Å². The summed E-state index contributed by atoms with van der Waals surface area (Å²) >= 11 is 12.2. The van der Waals surface area contributed by atoms with Crippen LogP contribution in [0.25, 0.3) is 22.2 Å². The maximum atomic E-state index is 12.5. The molecule has 1 heterocycles. The Morgan fingerprint density at radius 2 is 1.75 bits per heavy atom. The maximum absolute atomic E-state index is 12.5. The molecule has 0 aliphatic rings. The maximum Gasteiger partial charge on any atom is 0.193 e. The number of halogens is 2. The molecule has 0 atom stereocenters. The molecular formula is C16H11Cl2NO. The molecule has 1 aromatic heterocycles. The number of hydrogen-bond acceptors (Lipinski definition) is 1. The van der Waals surface area contributed by atoms with E-state index in [0.29, 0.717) is 26.5 Å². The quantitative estimate of drug-likeness (QED) is 0.687. The summed E-state index contributed by atoms with van der Waals surface area (Å²) in [7, 11) is 0. The molecule has 0 unspecified atom stereocenters. The van der Waals surface area contributed by atoms with Crippen molar-refractivity contribution in [2.75, 3.05) is 0 Å². The van der Waals surface area contributed by atoms with Crippen LogP contribution in [0.5, 0.6) is 0 Å². The van der Waals surface area contributed by atoms with Gasteiger partial charge in [0.2, 0.25) is 0 Å². The van der Waals surface area contributed by atoms with Crippen molar-refractivity contribution in [3.63, 3.8) is 0 Å². The highest BCUT2D eigenvalue weighted by atomic mass is 35.5. The first-order valence-electron chi connectivity index (χ1n) is 6.15. The largest absolute Gasteiger partial charge is 0.353 e. The highest BCUT2D eigenvalue weighted by Crippen LogP contribution is 2.28. The van der Waals surface area contributed by atoms with Crippen LogP contribution in [0.4, 0.5) is 0 Å². The van der Waals surface area contributed by atoms with Gasteiger partial charge in [-0.25, -0.2) is 0 Å². The third kappa shape index (κ3) is 2.11. The molecule has 4 heteroatoms. The summed E-state index contributed by atoms with van der Waals surface area (Å²) in [4.78, 5) is 15.7. The van der Waals surface area contributed by atoms with Crippen molar-refractivity contribution in [2.24, 2.45) is 0 Å². The number of H-pyrrole nitrogens is 1. The molecule has 100 valence electrons. The summed E-state index contributed by atoms with van der Waals surface area (Å²) in [5, 5.41) is 1.42. The van der Waals surface area contributed by atoms with Gasteiger partial charge in [-0.15, -0.1) is 0 Å². The predicted molar refractivity (Wildman–Crippen MR) is 84.8 cm³/mol. The van der Waals surface area contributed by atoms with Gasteiger partial charge in [0.1, 0.15) is 0 Å². The standard InChI is InChI=1S/C16H11Cl2NO/c1-9-14(10-5-3-2-4-6-10)19-15-12(16(9)20)7-11(17)8-13(15)18/h2-8H,1H3,(H,19,20). The Morgan fingerprint density at radius 1 is 1.05 bits per heavy atom. The number of aromatic amines is 1. The Labute approximate surface area is 126 Å². The van der Waals surface area contributed by atoms with Crippen LogP contribution in [0.1, 0.15) is 5.56 Å². The molecule has 0 saturated heterocycles. The number of pyridine rings is 1. The minimum absolute atomic E-state index is 0.0537. The van der Waals surface area contributed by atoms with Crippen molar-refractivity contribution in [1.82, 2.24) is 4.98 Å². The van der Waals surface area contributed by atoms with Gasteiger partial charge in [0.15, 0.2) is 5.43 Å². The topological polar surface area (TPSA) is 32.9 Å². The van der Waals surface area contributed by atoms with Gasteiger partial charge in [-0.3, -0.25) is 4.79 Å². The molecule has 0 amide bonds. The fraction of sp³-hybridized carbons (Fsp3) is 0.0625. The summed E-state index contributed by atoms with van der Waals surface area (Å²) in [5.74, 6) is 0. The molecule has 3 aromatic rings. The number of hydrogen-bond donors (Lipinski definition) is 1. The third-order valence-electron chi connectivity index (χ3n) is 3.33. The molecule has 0 spiro atoms. The van der Waals surface area contributed by atoms with Crippen LogP contribution in [0, 0.1) is 6.92 Å². The van der Waals surface area contributed by atoms with Gasteiger partial charge in [-0.1, -0.05) is 53.5 Å². The van der Waals surface area contributed by atoms with Crippen molar-refractivity contribution >= 4 is 34.1 Å². The van der Waals surface area contributed by atoms with Crippen LogP contribution < -0.4 is 5.43 Å². The second-order valence-electron chi connectivity index (χ2n) is 4.63. The number of aromatic nitrogens is 1. The van der Waals surface area contributed by atoms with Crippen molar-refractivity contribution in [3.05, 3.63) is 68.3 Å². The smallest absolute Gasteiger partial charge is 0.193 e. The molecule has 0 saturated carbocycles. The van der Waals surface area contributed by atoms with E-state index in [2.05, 4.69) is 4.98 Å². The van der Waals surface area contributed by atoms with Gasteiger partial charge in [0.05, 0.1) is 16.2 Å². The summed E-state index contributed by atoms with van der Waals surface area (Å²) in [5.41, 5.74) is 2.96. The lowest BCUT2D eigenvalue weighted by Gasteiger charge is -2.10. The Balaban J connectivity index is 2.42. The summed E-state index contributed by atoms with van der Waals surface area (Å²) < 4.78 is 0. The zero-order valence-electron chi connectivity index (χ0n) is 10.7. The van der Waals surface area contributed by atoms with E-state index in [9.17, 15) is 4.79 Å². The predicted octanol–water partition coefficient (Wildman–Crippen LogP) is 4.81. The zero-order valence-corrected chi connectivity index (χ0v) is 12.2. The van der Waals surface area contributed by atoms with Gasteiger partial charge in [0, 0.05) is 16.0 Å². The number of fused-ring (bicyclic) bond motifs is 1. The van der Waals surface area contributed by atoms with Crippen molar-refractivity contribution in [3.8, 4) is 11.3 Å². The Morgan fingerprint density at radius 3 is 2.45 bits per heavy atom. The summed E-state index contributed by atoms with van der Waals surface area (Å²) in [6, 6.07) is 13.0. The van der Waals surface area contributed by atoms with Gasteiger partial charge in [-0.05, 0) is 24.6 Å². The van der Waals surface area contributed by atoms with Gasteiger partial charge in [-0.2, -0.15) is 0 Å². The Bertz CT molecular complexity index is 854. The van der Waals surface area contributed by atoms with Crippen LogP contribution in [-0.4, -0.2) is 4.98 Å². The van der Waals surface area contributed by atoms with Crippen molar-refractivity contribution < 1.29 is 0 Å². The molecule has 2 aromatic carbocycles. The summed E-state index contributed by atoms with van der Waals surface area (Å²) in [6.45, 7) is 1.80. The zero-order chi connectivity index (χ0) is 14.3. The molecule has 0 fully saturated rings. The highest BCUT2D eigenvalue weighted by Gasteiger charge is 2.12. The third-order valence-corrected chi connectivity index (χ3v) is 3.84. The molecule has 0 bridgehead atoms. The number of nitrogens with one attached hydrogen (secondary N) is 1. The van der Waals surface area contributed by atoms with Crippen LogP contribution in [0.3, 0.4) is 0 Å². The van der Waals surface area contributed by atoms with Gasteiger partial charge < -0.3 is 4.98 Å². The molecular weight excluding hydrogens is 293 g/mol. The first-order chi connectivity index (χ1) is 9.58. The SMILES string of the molecule is Cc1c(-c2ccccc2)[nH]c2c(Cl)cc(Cl)cc2c1=O. The van der Waals surface area contributed by atoms with E-state index in [1.807, 2.05) is 30.3 Å². The van der Waals surface area contributed by atoms with E-state index in [1.54, 1.807) is 19.1 Å². The van der Waals surface area contributed by atoms with Gasteiger partial charge in [0.25, 0.3) is 0 Å². The normalized spacial score (nSPS) is 10.9. The lowest BCUT2D eigenvalue weighted by molar-refractivity contribution is 1.30. The highest BCUT2D eigenvalue weighted by molar-refractivity contribution is 6.38. The fourth-order valence-electron chi connectivity index (χ4n) is 2.31. The number of rotatable bonds is 1. The average molecular weight is 304 g/mol. The van der Waals surface area contributed by atoms with Crippen molar-refractivity contribution in [1.29, 1.82) is 0 Å². The minimum Gasteiger partial charge on any atom is -0.353 e. The monoisotopic (exact) mass is 303 g/mol. The van der Waals surface area contributed by atoms with E-state index in [4.69, 9.17) is 23.2 Å². The minimum atomic E-state index is -0.0537. The van der Waals surface area contributed by atoms with Crippen LogP contribution in [0.15, 0.2) is 47.3 Å². The molecule has 20 heavy (non-hydrogen) atoms. The lowest BCUT2D eigenvalue weighted by Crippen LogP contribution is -2.09. The Kier molecular flexibility index (Phi) is 3.28. The molecule has 3 rings (SSSR count). The van der Waals surface area contributed by atoms with Gasteiger partial charge >= 0.3 is 0 Å². The first kappa shape index (κ1) is 13.2. The van der Waals surface area contributed by atoms with E-state index >= 15 is 0 Å². The second-order valence-corrected chi connectivity index (χ2v) is 5.47. The molecule has 0 aliphatic heterocycles. The average Bonchev–Trinajstić information content (AvgIpc) is 2.44. The van der Waals surface area contributed by atoms with Crippen LogP contribution in [-0.2, 0) is 0 Å². The van der Waals surface area contributed by atoms with E-state index in [1.165, 1.54) is 0 Å². The Hall–Kier alpha value is -1.77. The van der Waals surface area contributed by atoms with Crippen LogP contribution >= 0.6 is 23.2 Å². The summed E-state index contributed by atoms with van der Waals surface area (Å²) in [6.07, 6.45) is 0. The molecule has 0 radical (unpaired) electrons. The van der Waals surface area contributed by atoms with E-state index < -0.39 is 0 Å². The second kappa shape index (κ2) is 4.97. The lowest BCUT2D eigenvalue weighted by atomic mass is 10.0. The number of benzene rings is 2. The molecule has 1 N–H and O–H groups in total. The van der Waals surface area contributed by atoms with Crippen molar-refractivity contribution in [2.45, 2.75) is 6.92 Å². The molecule has 0 aliphatic carbocycles. The molecule has 2 nitrogen and oxygen atoms in total.